The molecule has 0 spiro atoms. The summed E-state index contributed by atoms with van der Waals surface area (Å²) in [6, 6.07) is 9.49. The molecule has 0 aromatic heterocycles. The maximum absolute atomic E-state index is 11.7. The zero-order chi connectivity index (χ0) is 14.4. The number of rotatable bonds is 8. The van der Waals surface area contributed by atoms with Gasteiger partial charge in [0.05, 0.1) is 12.6 Å². The molecule has 20 heavy (non-hydrogen) atoms. The van der Waals surface area contributed by atoms with Crippen molar-refractivity contribution in [1.82, 2.24) is 10.6 Å². The number of carbonyl (C=O) groups is 1. The van der Waals surface area contributed by atoms with Crippen LogP contribution in [0, 0.1) is 5.92 Å². The smallest absolute Gasteiger partial charge is 0.234 e. The van der Waals surface area contributed by atoms with Gasteiger partial charge in [-0.2, -0.15) is 0 Å². The largest absolute Gasteiger partial charge is 0.388 e. The van der Waals surface area contributed by atoms with E-state index < -0.39 is 6.10 Å². The first-order chi connectivity index (χ1) is 9.65. The van der Waals surface area contributed by atoms with E-state index >= 15 is 0 Å². The van der Waals surface area contributed by atoms with Crippen molar-refractivity contribution in [3.8, 4) is 0 Å². The van der Waals surface area contributed by atoms with Gasteiger partial charge in [0, 0.05) is 6.04 Å². The molecule has 3 N–H and O–H groups in total. The topological polar surface area (TPSA) is 61.4 Å². The summed E-state index contributed by atoms with van der Waals surface area (Å²) in [7, 11) is 0. The highest BCUT2D eigenvalue weighted by Gasteiger charge is 2.21. The van der Waals surface area contributed by atoms with E-state index in [0.29, 0.717) is 13.0 Å². The molecule has 1 amide bonds. The predicted octanol–water partition coefficient (Wildman–Crippen LogP) is 1.61. The zero-order valence-electron chi connectivity index (χ0n) is 12.0. The first-order valence-corrected chi connectivity index (χ1v) is 7.38. The number of carbonyl (C=O) groups excluding carboxylic acids is 1. The molecule has 2 rings (SSSR count). The van der Waals surface area contributed by atoms with E-state index in [1.54, 1.807) is 0 Å². The van der Waals surface area contributed by atoms with Crippen molar-refractivity contribution < 1.29 is 9.90 Å². The molecule has 4 nitrogen and oxygen atoms in total. The van der Waals surface area contributed by atoms with Crippen LogP contribution in [0.5, 0.6) is 0 Å². The number of benzene rings is 1. The van der Waals surface area contributed by atoms with Crippen molar-refractivity contribution in [1.29, 1.82) is 0 Å². The predicted molar refractivity (Wildman–Crippen MR) is 79.2 cm³/mol. The first kappa shape index (κ1) is 15.0. The van der Waals surface area contributed by atoms with Crippen LogP contribution in [0.1, 0.15) is 37.9 Å². The Morgan fingerprint density at radius 3 is 2.70 bits per heavy atom. The fourth-order valence-electron chi connectivity index (χ4n) is 2.24. The fourth-order valence-corrected chi connectivity index (χ4v) is 2.24. The minimum absolute atomic E-state index is 0.00147. The van der Waals surface area contributed by atoms with Gasteiger partial charge in [-0.05, 0) is 44.2 Å². The van der Waals surface area contributed by atoms with Crippen molar-refractivity contribution in [2.75, 3.05) is 13.1 Å². The van der Waals surface area contributed by atoms with Gasteiger partial charge in [-0.1, -0.05) is 30.3 Å². The maximum Gasteiger partial charge on any atom is 0.234 e. The van der Waals surface area contributed by atoms with Gasteiger partial charge in [0.15, 0.2) is 0 Å². The number of aliphatic hydroxyl groups is 1. The SMILES string of the molecule is CC(CC(O)c1ccccc1)NC(=O)CNCC1CC1. The minimum Gasteiger partial charge on any atom is -0.388 e. The molecule has 2 atom stereocenters. The van der Waals surface area contributed by atoms with Crippen LogP contribution in [0.4, 0.5) is 0 Å². The van der Waals surface area contributed by atoms with Crippen LogP contribution in [0.2, 0.25) is 0 Å². The molecule has 1 fully saturated rings. The molecule has 1 saturated carbocycles. The van der Waals surface area contributed by atoms with E-state index in [1.165, 1.54) is 12.8 Å². The Hall–Kier alpha value is -1.39. The summed E-state index contributed by atoms with van der Waals surface area (Å²) in [5.74, 6) is 0.776. The summed E-state index contributed by atoms with van der Waals surface area (Å²) in [4.78, 5) is 11.7. The molecule has 0 aliphatic heterocycles. The summed E-state index contributed by atoms with van der Waals surface area (Å²) < 4.78 is 0. The van der Waals surface area contributed by atoms with Gasteiger partial charge in [-0.25, -0.2) is 0 Å². The van der Waals surface area contributed by atoms with Crippen molar-refractivity contribution in [3.05, 3.63) is 35.9 Å². The quantitative estimate of drug-likeness (QED) is 0.676. The highest BCUT2D eigenvalue weighted by molar-refractivity contribution is 5.78. The Labute approximate surface area is 120 Å². The number of hydrogen-bond donors (Lipinski definition) is 3. The van der Waals surface area contributed by atoms with Crippen LogP contribution < -0.4 is 10.6 Å². The van der Waals surface area contributed by atoms with E-state index in [-0.39, 0.29) is 11.9 Å². The lowest BCUT2D eigenvalue weighted by Gasteiger charge is -2.18. The Morgan fingerprint density at radius 1 is 1.35 bits per heavy atom. The molecule has 2 unspecified atom stereocenters. The number of amides is 1. The summed E-state index contributed by atoms with van der Waals surface area (Å²) >= 11 is 0. The monoisotopic (exact) mass is 276 g/mol. The summed E-state index contributed by atoms with van der Waals surface area (Å²) in [6.45, 7) is 3.22. The van der Waals surface area contributed by atoms with Crippen LogP contribution in [0.3, 0.4) is 0 Å². The Bertz CT molecular complexity index is 418. The van der Waals surface area contributed by atoms with Crippen LogP contribution in [-0.4, -0.2) is 30.1 Å². The van der Waals surface area contributed by atoms with Gasteiger partial charge in [-0.15, -0.1) is 0 Å². The molecule has 0 heterocycles. The van der Waals surface area contributed by atoms with E-state index in [9.17, 15) is 9.90 Å². The number of nitrogens with one attached hydrogen (secondary N) is 2. The third-order valence-corrected chi connectivity index (χ3v) is 3.58. The van der Waals surface area contributed by atoms with E-state index in [4.69, 9.17) is 0 Å². The average molecular weight is 276 g/mol. The third-order valence-electron chi connectivity index (χ3n) is 3.58. The van der Waals surface area contributed by atoms with Gasteiger partial charge >= 0.3 is 0 Å². The Kier molecular flexibility index (Phi) is 5.56. The van der Waals surface area contributed by atoms with Gasteiger partial charge in [0.25, 0.3) is 0 Å². The maximum atomic E-state index is 11.7. The van der Waals surface area contributed by atoms with Gasteiger partial charge in [-0.3, -0.25) is 4.79 Å². The van der Waals surface area contributed by atoms with Gasteiger partial charge in [0.2, 0.25) is 5.91 Å². The van der Waals surface area contributed by atoms with Crippen LogP contribution in [-0.2, 0) is 4.79 Å². The highest BCUT2D eigenvalue weighted by Crippen LogP contribution is 2.27. The molecule has 1 aliphatic rings. The first-order valence-electron chi connectivity index (χ1n) is 7.38. The molecule has 1 aromatic carbocycles. The molecule has 110 valence electrons. The second kappa shape index (κ2) is 7.41. The molecule has 0 radical (unpaired) electrons. The lowest BCUT2D eigenvalue weighted by Crippen LogP contribution is -2.40. The molecule has 0 bridgehead atoms. The third kappa shape index (κ3) is 5.31. The summed E-state index contributed by atoms with van der Waals surface area (Å²) in [6.07, 6.45) is 2.56. The van der Waals surface area contributed by atoms with E-state index in [0.717, 1.165) is 18.0 Å². The fraction of sp³-hybridized carbons (Fsp3) is 0.562. The van der Waals surface area contributed by atoms with Crippen molar-refractivity contribution in [2.24, 2.45) is 5.92 Å². The molecular formula is C16H24N2O2. The molecule has 4 heteroatoms. The van der Waals surface area contributed by atoms with Crippen LogP contribution in [0.25, 0.3) is 0 Å². The van der Waals surface area contributed by atoms with Crippen LogP contribution >= 0.6 is 0 Å². The molecule has 1 aliphatic carbocycles. The lowest BCUT2D eigenvalue weighted by atomic mass is 10.0. The highest BCUT2D eigenvalue weighted by atomic mass is 16.3. The Morgan fingerprint density at radius 2 is 2.05 bits per heavy atom. The second-order valence-electron chi connectivity index (χ2n) is 5.71. The van der Waals surface area contributed by atoms with Gasteiger partial charge in [0.1, 0.15) is 0 Å². The van der Waals surface area contributed by atoms with Crippen molar-refractivity contribution in [3.63, 3.8) is 0 Å². The molecular weight excluding hydrogens is 252 g/mol. The molecule has 1 aromatic rings. The van der Waals surface area contributed by atoms with Crippen molar-refractivity contribution in [2.45, 2.75) is 38.3 Å². The lowest BCUT2D eigenvalue weighted by molar-refractivity contribution is -0.121. The van der Waals surface area contributed by atoms with Crippen LogP contribution in [0.15, 0.2) is 30.3 Å². The van der Waals surface area contributed by atoms with E-state index in [1.807, 2.05) is 37.3 Å². The Balaban J connectivity index is 1.65. The van der Waals surface area contributed by atoms with Gasteiger partial charge < -0.3 is 15.7 Å². The zero-order valence-corrected chi connectivity index (χ0v) is 12.0. The summed E-state index contributed by atoms with van der Waals surface area (Å²) in [5.41, 5.74) is 0.889. The minimum atomic E-state index is -0.536. The average Bonchev–Trinajstić information content (AvgIpc) is 3.23. The number of hydrogen-bond acceptors (Lipinski definition) is 3. The molecule has 0 saturated heterocycles. The van der Waals surface area contributed by atoms with Crippen molar-refractivity contribution >= 4 is 5.91 Å². The second-order valence-corrected chi connectivity index (χ2v) is 5.71. The van der Waals surface area contributed by atoms with E-state index in [2.05, 4.69) is 10.6 Å². The summed E-state index contributed by atoms with van der Waals surface area (Å²) in [5, 5.41) is 16.2. The normalized spacial score (nSPS) is 17.5. The number of aliphatic hydroxyl groups excluding tert-OH is 1. The standard InChI is InChI=1S/C16H24N2O2/c1-12(9-15(19)14-5-3-2-4-6-14)18-16(20)11-17-10-13-7-8-13/h2-6,12-13,15,17,19H,7-11H2,1H3,(H,18,20).